The van der Waals surface area contributed by atoms with Crippen molar-refractivity contribution in [2.75, 3.05) is 0 Å². The van der Waals surface area contributed by atoms with E-state index in [0.29, 0.717) is 28.5 Å². The predicted molar refractivity (Wildman–Crippen MR) is 87.3 cm³/mol. The molecule has 0 radical (unpaired) electrons. The third kappa shape index (κ3) is 2.22. The number of carbonyl (C=O) groups is 2. The quantitative estimate of drug-likeness (QED) is 0.694. The van der Waals surface area contributed by atoms with Gasteiger partial charge in [-0.3, -0.25) is 14.5 Å². The third-order valence-electron chi connectivity index (χ3n) is 4.09. The number of fused-ring (bicyclic) bond motifs is 1. The fourth-order valence-corrected chi connectivity index (χ4v) is 2.81. The highest BCUT2D eigenvalue weighted by molar-refractivity contribution is 6.21. The van der Waals surface area contributed by atoms with Crippen molar-refractivity contribution in [3.05, 3.63) is 77.2 Å². The van der Waals surface area contributed by atoms with Crippen molar-refractivity contribution >= 4 is 11.8 Å². The number of carbonyl (C=O) groups excluding carboxylic acids is 2. The minimum Gasteiger partial charge on any atom is -0.439 e. The van der Waals surface area contributed by atoms with E-state index in [1.807, 2.05) is 37.3 Å². The van der Waals surface area contributed by atoms with E-state index in [4.69, 9.17) is 4.42 Å². The smallest absolute Gasteiger partial charge is 0.261 e. The highest BCUT2D eigenvalue weighted by Gasteiger charge is 2.36. The van der Waals surface area contributed by atoms with Crippen LogP contribution in [0.1, 0.15) is 32.2 Å². The van der Waals surface area contributed by atoms with Gasteiger partial charge in [-0.2, -0.15) is 0 Å². The van der Waals surface area contributed by atoms with Gasteiger partial charge in [0.1, 0.15) is 5.76 Å². The van der Waals surface area contributed by atoms with Gasteiger partial charge in [0.2, 0.25) is 5.89 Å². The molecule has 1 aliphatic heterocycles. The number of hydrogen-bond donors (Lipinski definition) is 0. The molecule has 1 aromatic heterocycles. The summed E-state index contributed by atoms with van der Waals surface area (Å²) in [4.78, 5) is 30.5. The van der Waals surface area contributed by atoms with Gasteiger partial charge in [-0.25, -0.2) is 4.98 Å². The SMILES string of the molecule is Cc1nc(-c2ccccc2)oc1CN1C(=O)c2ccccc2C1=O. The molecule has 1 aliphatic rings. The first-order chi connectivity index (χ1) is 11.6. The molecule has 118 valence electrons. The molecule has 5 heteroatoms. The second-order valence-electron chi connectivity index (χ2n) is 5.64. The summed E-state index contributed by atoms with van der Waals surface area (Å²) in [6.07, 6.45) is 0. The van der Waals surface area contributed by atoms with Gasteiger partial charge >= 0.3 is 0 Å². The second kappa shape index (κ2) is 5.45. The van der Waals surface area contributed by atoms with E-state index in [0.717, 1.165) is 5.56 Å². The molecule has 24 heavy (non-hydrogen) atoms. The van der Waals surface area contributed by atoms with Gasteiger partial charge in [0.05, 0.1) is 23.4 Å². The first kappa shape index (κ1) is 14.4. The van der Waals surface area contributed by atoms with Crippen molar-refractivity contribution in [3.8, 4) is 11.5 Å². The van der Waals surface area contributed by atoms with Crippen LogP contribution in [0.5, 0.6) is 0 Å². The summed E-state index contributed by atoms with van der Waals surface area (Å²) >= 11 is 0. The summed E-state index contributed by atoms with van der Waals surface area (Å²) in [6, 6.07) is 16.3. The Morgan fingerprint density at radius 1 is 0.917 bits per heavy atom. The van der Waals surface area contributed by atoms with Crippen molar-refractivity contribution in [3.63, 3.8) is 0 Å². The van der Waals surface area contributed by atoms with Crippen LogP contribution < -0.4 is 0 Å². The molecular formula is C19H14N2O3. The van der Waals surface area contributed by atoms with Crippen LogP contribution in [-0.4, -0.2) is 21.7 Å². The molecule has 3 aromatic rings. The molecule has 2 aromatic carbocycles. The van der Waals surface area contributed by atoms with Crippen LogP contribution in [0.3, 0.4) is 0 Å². The molecule has 0 aliphatic carbocycles. The van der Waals surface area contributed by atoms with Crippen LogP contribution in [0.2, 0.25) is 0 Å². The fraction of sp³-hybridized carbons (Fsp3) is 0.105. The summed E-state index contributed by atoms with van der Waals surface area (Å²) in [5.41, 5.74) is 2.39. The van der Waals surface area contributed by atoms with Crippen molar-refractivity contribution in [1.29, 1.82) is 0 Å². The number of rotatable bonds is 3. The lowest BCUT2D eigenvalue weighted by molar-refractivity contribution is 0.0631. The Bertz CT molecular complexity index is 909. The van der Waals surface area contributed by atoms with Crippen LogP contribution in [0.25, 0.3) is 11.5 Å². The maximum atomic E-state index is 12.4. The number of nitrogens with zero attached hydrogens (tertiary/aromatic N) is 2. The Hall–Kier alpha value is -3.21. The van der Waals surface area contributed by atoms with Crippen molar-refractivity contribution < 1.29 is 14.0 Å². The van der Waals surface area contributed by atoms with E-state index < -0.39 is 0 Å². The van der Waals surface area contributed by atoms with Crippen molar-refractivity contribution in [2.24, 2.45) is 0 Å². The molecule has 0 fully saturated rings. The molecule has 0 saturated carbocycles. The first-order valence-electron chi connectivity index (χ1n) is 7.62. The maximum absolute atomic E-state index is 12.4. The van der Waals surface area contributed by atoms with Crippen LogP contribution in [0, 0.1) is 6.92 Å². The Morgan fingerprint density at radius 3 is 2.12 bits per heavy atom. The van der Waals surface area contributed by atoms with E-state index in [-0.39, 0.29) is 18.4 Å². The maximum Gasteiger partial charge on any atom is 0.261 e. The summed E-state index contributed by atoms with van der Waals surface area (Å²) < 4.78 is 5.80. The fourth-order valence-electron chi connectivity index (χ4n) is 2.81. The topological polar surface area (TPSA) is 63.4 Å². The second-order valence-corrected chi connectivity index (χ2v) is 5.64. The summed E-state index contributed by atoms with van der Waals surface area (Å²) in [5.74, 6) is 0.406. The van der Waals surface area contributed by atoms with Gasteiger partial charge in [-0.05, 0) is 31.2 Å². The lowest BCUT2D eigenvalue weighted by Crippen LogP contribution is -2.29. The van der Waals surface area contributed by atoms with Gasteiger partial charge in [0.25, 0.3) is 11.8 Å². The monoisotopic (exact) mass is 318 g/mol. The molecule has 0 bridgehead atoms. The number of oxazole rings is 1. The highest BCUT2D eigenvalue weighted by Crippen LogP contribution is 2.27. The number of hydrogen-bond acceptors (Lipinski definition) is 4. The summed E-state index contributed by atoms with van der Waals surface area (Å²) in [5, 5.41) is 0. The van der Waals surface area contributed by atoms with E-state index >= 15 is 0 Å². The molecule has 0 saturated heterocycles. The van der Waals surface area contributed by atoms with Crippen LogP contribution in [0.4, 0.5) is 0 Å². The molecule has 2 heterocycles. The number of amides is 2. The Balaban J connectivity index is 1.64. The first-order valence-corrected chi connectivity index (χ1v) is 7.62. The Labute approximate surface area is 138 Å². The van der Waals surface area contributed by atoms with Gasteiger partial charge in [0, 0.05) is 5.56 Å². The van der Waals surface area contributed by atoms with E-state index in [1.165, 1.54) is 4.90 Å². The average Bonchev–Trinajstić information content (AvgIpc) is 3.10. The number of aryl methyl sites for hydroxylation is 1. The van der Waals surface area contributed by atoms with Gasteiger partial charge in [-0.1, -0.05) is 30.3 Å². The van der Waals surface area contributed by atoms with Gasteiger partial charge < -0.3 is 4.42 Å². The van der Waals surface area contributed by atoms with Crippen molar-refractivity contribution in [1.82, 2.24) is 9.88 Å². The van der Waals surface area contributed by atoms with Gasteiger partial charge in [-0.15, -0.1) is 0 Å². The molecule has 0 unspecified atom stereocenters. The average molecular weight is 318 g/mol. The Kier molecular flexibility index (Phi) is 3.27. The zero-order valence-corrected chi connectivity index (χ0v) is 13.0. The lowest BCUT2D eigenvalue weighted by atomic mass is 10.1. The zero-order valence-electron chi connectivity index (χ0n) is 13.0. The van der Waals surface area contributed by atoms with Crippen LogP contribution in [0.15, 0.2) is 59.0 Å². The van der Waals surface area contributed by atoms with Gasteiger partial charge in [0.15, 0.2) is 0 Å². The molecule has 0 atom stereocenters. The van der Waals surface area contributed by atoms with E-state index in [2.05, 4.69) is 4.98 Å². The van der Waals surface area contributed by atoms with E-state index in [9.17, 15) is 9.59 Å². The largest absolute Gasteiger partial charge is 0.439 e. The number of aromatic nitrogens is 1. The Morgan fingerprint density at radius 2 is 1.50 bits per heavy atom. The lowest BCUT2D eigenvalue weighted by Gasteiger charge is -2.11. The highest BCUT2D eigenvalue weighted by atomic mass is 16.4. The number of benzene rings is 2. The molecule has 4 rings (SSSR count). The standard InChI is InChI=1S/C19H14N2O3/c1-12-16(24-17(20-12)13-7-3-2-4-8-13)11-21-18(22)14-9-5-6-10-15(14)19(21)23/h2-10H,11H2,1H3. The molecular weight excluding hydrogens is 304 g/mol. The normalized spacial score (nSPS) is 13.5. The predicted octanol–water partition coefficient (Wildman–Crippen LogP) is 3.45. The number of imide groups is 1. The molecule has 5 nitrogen and oxygen atoms in total. The molecule has 0 N–H and O–H groups in total. The van der Waals surface area contributed by atoms with E-state index in [1.54, 1.807) is 24.3 Å². The minimum atomic E-state index is -0.298. The summed E-state index contributed by atoms with van der Waals surface area (Å²) in [6.45, 7) is 1.89. The minimum absolute atomic E-state index is 0.0814. The molecule has 2 amide bonds. The molecule has 0 spiro atoms. The summed E-state index contributed by atoms with van der Waals surface area (Å²) in [7, 11) is 0. The van der Waals surface area contributed by atoms with Crippen LogP contribution >= 0.6 is 0 Å². The van der Waals surface area contributed by atoms with Crippen molar-refractivity contribution in [2.45, 2.75) is 13.5 Å². The van der Waals surface area contributed by atoms with Crippen LogP contribution in [-0.2, 0) is 6.54 Å². The third-order valence-corrected chi connectivity index (χ3v) is 4.09. The zero-order chi connectivity index (χ0) is 16.7.